The van der Waals surface area contributed by atoms with Crippen LogP contribution in [0.3, 0.4) is 0 Å². The number of imidazole rings is 1. The largest absolute Gasteiger partial charge is 0.347 e. The number of carbonyl (C=O) groups excluding carboxylic acids is 1. The summed E-state index contributed by atoms with van der Waals surface area (Å²) in [6, 6.07) is 7.47. The third kappa shape index (κ3) is 3.97. The van der Waals surface area contributed by atoms with Gasteiger partial charge >= 0.3 is 0 Å². The zero-order valence-corrected chi connectivity index (χ0v) is 17.8. The number of anilines is 1. The number of nitrogens with zero attached hydrogens (tertiary/aromatic N) is 5. The van der Waals surface area contributed by atoms with E-state index < -0.39 is 0 Å². The Labute approximate surface area is 184 Å². The molecule has 2 atom stereocenters. The molecule has 3 aromatic rings. The number of rotatable bonds is 6. The first kappa shape index (κ1) is 20.2. The molecule has 2 unspecified atom stereocenters. The molecule has 0 radical (unpaired) electrons. The van der Waals surface area contributed by atoms with E-state index in [0.29, 0.717) is 49.0 Å². The summed E-state index contributed by atoms with van der Waals surface area (Å²) in [5, 5.41) is 3.83. The van der Waals surface area contributed by atoms with Gasteiger partial charge in [0.05, 0.1) is 10.7 Å². The zero-order valence-electron chi connectivity index (χ0n) is 17.0. The Balaban J connectivity index is 1.15. The minimum atomic E-state index is -0.284. The minimum absolute atomic E-state index is 0.134. The van der Waals surface area contributed by atoms with Gasteiger partial charge in [0.15, 0.2) is 0 Å². The number of likely N-dealkylation sites (tertiary alicyclic amines) is 1. The van der Waals surface area contributed by atoms with Crippen molar-refractivity contribution in [3.8, 4) is 0 Å². The van der Waals surface area contributed by atoms with Crippen LogP contribution in [-0.4, -0.2) is 56.9 Å². The first-order chi connectivity index (χ1) is 15.1. The van der Waals surface area contributed by atoms with Crippen molar-refractivity contribution in [3.05, 3.63) is 59.4 Å². The van der Waals surface area contributed by atoms with E-state index in [4.69, 9.17) is 11.6 Å². The average molecular weight is 443 g/mol. The van der Waals surface area contributed by atoms with Crippen LogP contribution in [-0.2, 0) is 11.3 Å². The number of nitrogens with one attached hydrogen (secondary N) is 1. The number of hydrogen-bond donors (Lipinski definition) is 1. The first-order valence-electron chi connectivity index (χ1n) is 10.6. The number of halogens is 2. The second-order valence-electron chi connectivity index (χ2n) is 8.14. The van der Waals surface area contributed by atoms with Crippen molar-refractivity contribution in [1.29, 1.82) is 0 Å². The van der Waals surface area contributed by atoms with E-state index in [0.717, 1.165) is 18.7 Å². The summed E-state index contributed by atoms with van der Waals surface area (Å²) in [5.41, 5.74) is 1.22. The van der Waals surface area contributed by atoms with Gasteiger partial charge < -0.3 is 15.1 Å². The average Bonchev–Trinajstić information content (AvgIpc) is 3.34. The highest BCUT2D eigenvalue weighted by atomic mass is 35.5. The molecule has 2 saturated heterocycles. The van der Waals surface area contributed by atoms with Crippen molar-refractivity contribution < 1.29 is 9.18 Å². The van der Waals surface area contributed by atoms with Crippen molar-refractivity contribution in [2.45, 2.75) is 37.9 Å². The molecule has 2 aliphatic rings. The molecule has 0 spiro atoms. The number of amides is 1. The van der Waals surface area contributed by atoms with Gasteiger partial charge in [0.2, 0.25) is 5.91 Å². The van der Waals surface area contributed by atoms with Crippen LogP contribution < -0.4 is 10.2 Å². The fraction of sp³-hybridized carbons (Fsp3) is 0.409. The molecule has 1 amide bonds. The minimum Gasteiger partial charge on any atom is -0.347 e. The van der Waals surface area contributed by atoms with Gasteiger partial charge in [-0.1, -0.05) is 11.6 Å². The van der Waals surface area contributed by atoms with Gasteiger partial charge in [-0.15, -0.1) is 0 Å². The van der Waals surface area contributed by atoms with Gasteiger partial charge in [-0.2, -0.15) is 0 Å². The summed E-state index contributed by atoms with van der Waals surface area (Å²) in [5.74, 6) is 0.781. The van der Waals surface area contributed by atoms with Crippen LogP contribution in [0.15, 0.2) is 42.9 Å². The molecule has 31 heavy (non-hydrogen) atoms. The van der Waals surface area contributed by atoms with Crippen LogP contribution in [0.4, 0.5) is 10.2 Å². The number of pyridine rings is 2. The van der Waals surface area contributed by atoms with Crippen LogP contribution >= 0.6 is 11.6 Å². The fourth-order valence-electron chi connectivity index (χ4n) is 4.76. The van der Waals surface area contributed by atoms with Crippen LogP contribution in [0.2, 0.25) is 5.02 Å². The van der Waals surface area contributed by atoms with E-state index in [1.807, 2.05) is 17.0 Å². The number of fused-ring (bicyclic) bond motifs is 3. The molecule has 0 aliphatic carbocycles. The predicted octanol–water partition coefficient (Wildman–Crippen LogP) is 2.88. The first-order valence-corrected chi connectivity index (χ1v) is 11.0. The summed E-state index contributed by atoms with van der Waals surface area (Å²) in [6.07, 6.45) is 7.57. The maximum atomic E-state index is 14.2. The molecule has 162 valence electrons. The van der Waals surface area contributed by atoms with Gasteiger partial charge in [0, 0.05) is 63.3 Å². The van der Waals surface area contributed by atoms with Gasteiger partial charge in [-0.05, 0) is 37.1 Å². The molecule has 1 N–H and O–H groups in total. The van der Waals surface area contributed by atoms with E-state index in [2.05, 4.69) is 20.2 Å². The molecule has 5 rings (SSSR count). The second kappa shape index (κ2) is 8.43. The molecule has 2 fully saturated rings. The zero-order chi connectivity index (χ0) is 21.4. The highest BCUT2D eigenvalue weighted by molar-refractivity contribution is 6.30. The van der Waals surface area contributed by atoms with E-state index in [-0.39, 0.29) is 23.8 Å². The molecular formula is C22H24ClFN6O. The Morgan fingerprint density at radius 2 is 1.97 bits per heavy atom. The molecule has 2 bridgehead atoms. The Morgan fingerprint density at radius 1 is 1.16 bits per heavy atom. The normalized spacial score (nSPS) is 20.6. The molecule has 9 heteroatoms. The van der Waals surface area contributed by atoms with Crippen LogP contribution in [0.1, 0.15) is 25.0 Å². The summed E-state index contributed by atoms with van der Waals surface area (Å²) in [7, 11) is 0. The van der Waals surface area contributed by atoms with Crippen molar-refractivity contribution >= 4 is 29.0 Å². The van der Waals surface area contributed by atoms with E-state index in [9.17, 15) is 9.18 Å². The Hall–Kier alpha value is -2.71. The van der Waals surface area contributed by atoms with Crippen molar-refractivity contribution in [3.63, 3.8) is 0 Å². The maximum absolute atomic E-state index is 14.2. The molecule has 0 saturated carbocycles. The van der Waals surface area contributed by atoms with Crippen LogP contribution in [0.25, 0.3) is 5.65 Å². The molecule has 7 nitrogen and oxygen atoms in total. The van der Waals surface area contributed by atoms with Crippen molar-refractivity contribution in [1.82, 2.24) is 24.6 Å². The summed E-state index contributed by atoms with van der Waals surface area (Å²) < 4.78 is 15.9. The summed E-state index contributed by atoms with van der Waals surface area (Å²) in [6.45, 7) is 2.26. The second-order valence-corrected chi connectivity index (χ2v) is 8.57. The smallest absolute Gasteiger partial charge is 0.223 e. The number of piperazine rings is 1. The van der Waals surface area contributed by atoms with Crippen LogP contribution in [0, 0.1) is 5.82 Å². The monoisotopic (exact) mass is 442 g/mol. The highest BCUT2D eigenvalue weighted by Crippen LogP contribution is 2.34. The standard InChI is InChI=1S/C22H24ClFN6O/c23-15-1-5-21(27-11-15)30-16-2-3-17(30)14-28(13-16)22(31)7-8-25-12-19-18(24)4-6-20-26-9-10-29(19)20/h1,4-6,9-11,16-17,25H,2-3,7-8,12-14H2. The summed E-state index contributed by atoms with van der Waals surface area (Å²) >= 11 is 5.97. The van der Waals surface area contributed by atoms with Gasteiger partial charge in [-0.3, -0.25) is 9.20 Å². The predicted molar refractivity (Wildman–Crippen MR) is 117 cm³/mol. The van der Waals surface area contributed by atoms with E-state index in [1.165, 1.54) is 6.07 Å². The van der Waals surface area contributed by atoms with E-state index >= 15 is 0 Å². The molecule has 5 heterocycles. The Bertz CT molecular complexity index is 1070. The van der Waals surface area contributed by atoms with Crippen molar-refractivity contribution in [2.24, 2.45) is 0 Å². The number of hydrogen-bond acceptors (Lipinski definition) is 5. The molecule has 3 aromatic heterocycles. The Morgan fingerprint density at radius 3 is 2.71 bits per heavy atom. The Kier molecular flexibility index (Phi) is 5.50. The third-order valence-corrected chi connectivity index (χ3v) is 6.46. The van der Waals surface area contributed by atoms with Crippen molar-refractivity contribution in [2.75, 3.05) is 24.5 Å². The molecule has 2 aliphatic heterocycles. The lowest BCUT2D eigenvalue weighted by Gasteiger charge is -2.41. The lowest BCUT2D eigenvalue weighted by Crippen LogP contribution is -2.56. The summed E-state index contributed by atoms with van der Waals surface area (Å²) in [4.78, 5) is 25.8. The lowest BCUT2D eigenvalue weighted by atomic mass is 10.1. The van der Waals surface area contributed by atoms with Gasteiger partial charge in [-0.25, -0.2) is 14.4 Å². The lowest BCUT2D eigenvalue weighted by molar-refractivity contribution is -0.132. The maximum Gasteiger partial charge on any atom is 0.223 e. The fourth-order valence-corrected chi connectivity index (χ4v) is 4.87. The highest BCUT2D eigenvalue weighted by Gasteiger charge is 2.41. The SMILES string of the molecule is O=C(CCNCc1c(F)ccc2nccn12)N1CC2CCC(C1)N2c1ccc(Cl)cn1. The third-order valence-electron chi connectivity index (χ3n) is 6.23. The number of aromatic nitrogens is 3. The van der Waals surface area contributed by atoms with Gasteiger partial charge in [0.1, 0.15) is 17.3 Å². The topological polar surface area (TPSA) is 65.8 Å². The quantitative estimate of drug-likeness (QED) is 0.595. The molecule has 0 aromatic carbocycles. The molecular weight excluding hydrogens is 419 g/mol. The number of carbonyl (C=O) groups is 1. The van der Waals surface area contributed by atoms with E-state index in [1.54, 1.807) is 29.1 Å². The van der Waals surface area contributed by atoms with Gasteiger partial charge in [0.25, 0.3) is 0 Å². The van der Waals surface area contributed by atoms with Crippen LogP contribution in [0.5, 0.6) is 0 Å².